The van der Waals surface area contributed by atoms with Gasteiger partial charge in [-0.1, -0.05) is 0 Å². The summed E-state index contributed by atoms with van der Waals surface area (Å²) < 4.78 is 12.9. The molecule has 12 heavy (non-hydrogen) atoms. The normalized spacial score (nSPS) is 13.1. The molecule has 1 atom stereocenters. The summed E-state index contributed by atoms with van der Waals surface area (Å²) >= 11 is 0. The van der Waals surface area contributed by atoms with Crippen molar-refractivity contribution < 1.29 is 9.50 Å². The third-order valence-electron chi connectivity index (χ3n) is 2.12. The Morgan fingerprint density at radius 3 is 2.42 bits per heavy atom. The van der Waals surface area contributed by atoms with Gasteiger partial charge in [-0.25, -0.2) is 4.39 Å². The summed E-state index contributed by atoms with van der Waals surface area (Å²) in [5.74, 6) is -0.283. The number of hydrogen-bond donors (Lipinski definition) is 1. The van der Waals surface area contributed by atoms with Gasteiger partial charge in [0, 0.05) is 0 Å². The molecule has 0 aromatic heterocycles. The van der Waals surface area contributed by atoms with Crippen molar-refractivity contribution >= 4 is 0 Å². The van der Waals surface area contributed by atoms with E-state index in [1.54, 1.807) is 6.92 Å². The van der Waals surface area contributed by atoms with Crippen LogP contribution in [0, 0.1) is 19.7 Å². The third-order valence-corrected chi connectivity index (χ3v) is 2.12. The Labute approximate surface area is 71.9 Å². The van der Waals surface area contributed by atoms with Crippen molar-refractivity contribution in [2.45, 2.75) is 26.9 Å². The molecule has 1 unspecified atom stereocenters. The van der Waals surface area contributed by atoms with Crippen LogP contribution >= 0.6 is 0 Å². The highest BCUT2D eigenvalue weighted by Crippen LogP contribution is 2.21. The summed E-state index contributed by atoms with van der Waals surface area (Å²) in [6.07, 6.45) is -0.598. The van der Waals surface area contributed by atoms with Crippen LogP contribution in [0.1, 0.15) is 29.7 Å². The van der Waals surface area contributed by atoms with E-state index in [-0.39, 0.29) is 5.82 Å². The number of aliphatic hydroxyl groups is 1. The minimum absolute atomic E-state index is 0.283. The van der Waals surface area contributed by atoms with Crippen molar-refractivity contribution in [3.63, 3.8) is 0 Å². The SMILES string of the molecule is Cc1cc(F)cc(C(C)O)c1C. The van der Waals surface area contributed by atoms with Gasteiger partial charge in [0.15, 0.2) is 0 Å². The van der Waals surface area contributed by atoms with Gasteiger partial charge in [0.2, 0.25) is 0 Å². The van der Waals surface area contributed by atoms with Crippen LogP contribution in [0.5, 0.6) is 0 Å². The molecule has 0 aliphatic heterocycles. The van der Waals surface area contributed by atoms with E-state index < -0.39 is 6.10 Å². The second-order valence-corrected chi connectivity index (χ2v) is 3.11. The largest absolute Gasteiger partial charge is 0.389 e. The molecular formula is C10H13FO. The smallest absolute Gasteiger partial charge is 0.123 e. The summed E-state index contributed by atoms with van der Waals surface area (Å²) in [6, 6.07) is 2.86. The first-order chi connectivity index (χ1) is 5.52. The lowest BCUT2D eigenvalue weighted by molar-refractivity contribution is 0.198. The molecule has 66 valence electrons. The molecule has 0 aliphatic rings. The highest BCUT2D eigenvalue weighted by Gasteiger charge is 2.08. The monoisotopic (exact) mass is 168 g/mol. The summed E-state index contributed by atoms with van der Waals surface area (Å²) in [4.78, 5) is 0. The topological polar surface area (TPSA) is 20.2 Å². The number of halogens is 1. The van der Waals surface area contributed by atoms with Gasteiger partial charge in [0.25, 0.3) is 0 Å². The predicted octanol–water partition coefficient (Wildman–Crippen LogP) is 2.50. The lowest BCUT2D eigenvalue weighted by Gasteiger charge is -2.11. The van der Waals surface area contributed by atoms with E-state index in [2.05, 4.69) is 0 Å². The zero-order chi connectivity index (χ0) is 9.30. The standard InChI is InChI=1S/C10H13FO/c1-6-4-9(11)5-10(7(6)2)8(3)12/h4-5,8,12H,1-3H3. The average Bonchev–Trinajstić information content (AvgIpc) is 1.96. The molecule has 0 radical (unpaired) electrons. The fourth-order valence-corrected chi connectivity index (χ4v) is 1.28. The molecule has 1 N–H and O–H groups in total. The van der Waals surface area contributed by atoms with Crippen LogP contribution in [0.15, 0.2) is 12.1 Å². The van der Waals surface area contributed by atoms with Gasteiger partial charge < -0.3 is 5.11 Å². The number of aryl methyl sites for hydroxylation is 1. The van der Waals surface area contributed by atoms with Crippen LogP contribution in [0.2, 0.25) is 0 Å². The molecule has 0 saturated heterocycles. The van der Waals surface area contributed by atoms with Gasteiger partial charge in [-0.15, -0.1) is 0 Å². The maximum absolute atomic E-state index is 12.9. The lowest BCUT2D eigenvalue weighted by Crippen LogP contribution is -1.98. The Hall–Kier alpha value is -0.890. The summed E-state index contributed by atoms with van der Waals surface area (Å²) in [7, 11) is 0. The zero-order valence-corrected chi connectivity index (χ0v) is 7.56. The Kier molecular flexibility index (Phi) is 2.48. The number of aliphatic hydroxyl groups excluding tert-OH is 1. The van der Waals surface area contributed by atoms with Gasteiger partial charge >= 0.3 is 0 Å². The fourth-order valence-electron chi connectivity index (χ4n) is 1.28. The maximum Gasteiger partial charge on any atom is 0.123 e. The van der Waals surface area contributed by atoms with Crippen LogP contribution in [-0.4, -0.2) is 5.11 Å². The Morgan fingerprint density at radius 1 is 1.33 bits per heavy atom. The molecule has 1 nitrogen and oxygen atoms in total. The number of benzene rings is 1. The van der Waals surface area contributed by atoms with E-state index in [0.29, 0.717) is 5.56 Å². The van der Waals surface area contributed by atoms with Crippen LogP contribution in [0.4, 0.5) is 4.39 Å². The molecule has 0 spiro atoms. The summed E-state index contributed by atoms with van der Waals surface area (Å²) in [5, 5.41) is 9.29. The minimum Gasteiger partial charge on any atom is -0.389 e. The van der Waals surface area contributed by atoms with Crippen molar-refractivity contribution in [1.82, 2.24) is 0 Å². The third kappa shape index (κ3) is 1.64. The first-order valence-corrected chi connectivity index (χ1v) is 3.97. The van der Waals surface area contributed by atoms with Crippen molar-refractivity contribution in [2.75, 3.05) is 0 Å². The minimum atomic E-state index is -0.598. The maximum atomic E-state index is 12.9. The molecule has 0 saturated carbocycles. The molecule has 0 amide bonds. The van der Waals surface area contributed by atoms with Gasteiger partial charge in [-0.05, 0) is 49.6 Å². The van der Waals surface area contributed by atoms with E-state index in [4.69, 9.17) is 0 Å². The second-order valence-electron chi connectivity index (χ2n) is 3.11. The van der Waals surface area contributed by atoms with Crippen LogP contribution in [-0.2, 0) is 0 Å². The van der Waals surface area contributed by atoms with Crippen LogP contribution < -0.4 is 0 Å². The van der Waals surface area contributed by atoms with Crippen molar-refractivity contribution in [3.05, 3.63) is 34.6 Å². The van der Waals surface area contributed by atoms with Gasteiger partial charge in [-0.2, -0.15) is 0 Å². The first-order valence-electron chi connectivity index (χ1n) is 3.97. The van der Waals surface area contributed by atoms with Crippen molar-refractivity contribution in [3.8, 4) is 0 Å². The first kappa shape index (κ1) is 9.20. The number of rotatable bonds is 1. The van der Waals surface area contributed by atoms with E-state index >= 15 is 0 Å². The lowest BCUT2D eigenvalue weighted by atomic mass is 10.00. The van der Waals surface area contributed by atoms with E-state index in [0.717, 1.165) is 11.1 Å². The van der Waals surface area contributed by atoms with Gasteiger partial charge in [0.05, 0.1) is 6.10 Å². The second kappa shape index (κ2) is 3.23. The van der Waals surface area contributed by atoms with E-state index in [1.165, 1.54) is 12.1 Å². The molecule has 0 aliphatic carbocycles. The molecule has 1 rings (SSSR count). The Bertz CT molecular complexity index is 292. The molecule has 1 aromatic carbocycles. The van der Waals surface area contributed by atoms with Crippen molar-refractivity contribution in [2.24, 2.45) is 0 Å². The summed E-state index contributed by atoms with van der Waals surface area (Å²) in [5.41, 5.74) is 2.52. The number of hydrogen-bond acceptors (Lipinski definition) is 1. The van der Waals surface area contributed by atoms with Gasteiger partial charge in [-0.3, -0.25) is 0 Å². The summed E-state index contributed by atoms with van der Waals surface area (Å²) in [6.45, 7) is 5.36. The van der Waals surface area contributed by atoms with Crippen LogP contribution in [0.3, 0.4) is 0 Å². The highest BCUT2D eigenvalue weighted by molar-refractivity contribution is 5.35. The van der Waals surface area contributed by atoms with E-state index in [1.807, 2.05) is 13.8 Å². The quantitative estimate of drug-likeness (QED) is 0.683. The average molecular weight is 168 g/mol. The molecular weight excluding hydrogens is 155 g/mol. The van der Waals surface area contributed by atoms with Crippen molar-refractivity contribution in [1.29, 1.82) is 0 Å². The molecule has 0 bridgehead atoms. The molecule has 0 fully saturated rings. The molecule has 0 heterocycles. The molecule has 1 aromatic rings. The van der Waals surface area contributed by atoms with Gasteiger partial charge in [0.1, 0.15) is 5.82 Å². The van der Waals surface area contributed by atoms with E-state index in [9.17, 15) is 9.50 Å². The Balaban J connectivity index is 3.28. The molecule has 2 heteroatoms. The highest BCUT2D eigenvalue weighted by atomic mass is 19.1. The van der Waals surface area contributed by atoms with Crippen LogP contribution in [0.25, 0.3) is 0 Å². The fraction of sp³-hybridized carbons (Fsp3) is 0.400. The zero-order valence-electron chi connectivity index (χ0n) is 7.56. The predicted molar refractivity (Wildman–Crippen MR) is 46.5 cm³/mol. The Morgan fingerprint density at radius 2 is 1.92 bits per heavy atom.